The van der Waals surface area contributed by atoms with Crippen LogP contribution in [0.2, 0.25) is 0 Å². The van der Waals surface area contributed by atoms with Crippen LogP contribution in [-0.2, 0) is 4.74 Å². The van der Waals surface area contributed by atoms with E-state index in [1.54, 1.807) is 37.4 Å². The maximum atomic E-state index is 12.4. The van der Waals surface area contributed by atoms with E-state index in [1.165, 1.54) is 6.07 Å². The second-order valence-corrected chi connectivity index (χ2v) is 4.22. The molecule has 3 rings (SSSR count). The monoisotopic (exact) mass is 269 g/mol. The molecule has 0 aliphatic rings. The Bertz CT molecular complexity index is 867. The number of carbonyl (C=O) groups is 1. The molecule has 1 aromatic carbocycles. The summed E-state index contributed by atoms with van der Waals surface area (Å²) in [5, 5.41) is 0.733. The summed E-state index contributed by atoms with van der Waals surface area (Å²) < 4.78 is 10.5. The molecule has 3 aromatic rings. The van der Waals surface area contributed by atoms with E-state index in [-0.39, 0.29) is 17.7 Å². The molecule has 0 saturated carbocycles. The van der Waals surface area contributed by atoms with Gasteiger partial charge in [0.25, 0.3) is 0 Å². The van der Waals surface area contributed by atoms with Gasteiger partial charge in [-0.2, -0.15) is 0 Å². The summed E-state index contributed by atoms with van der Waals surface area (Å²) in [6.45, 7) is 2.01. The largest absolute Gasteiger partial charge is 0.462 e. The molecule has 0 aliphatic heterocycles. The summed E-state index contributed by atoms with van der Waals surface area (Å²) in [5.74, 6) is -0.458. The van der Waals surface area contributed by atoms with Crippen molar-refractivity contribution >= 4 is 28.0 Å². The zero-order valence-electron chi connectivity index (χ0n) is 10.8. The number of esters is 1. The molecule has 20 heavy (non-hydrogen) atoms. The van der Waals surface area contributed by atoms with Gasteiger partial charge < -0.3 is 9.15 Å². The predicted octanol–water partition coefficient (Wildman–Crippen LogP) is 2.52. The van der Waals surface area contributed by atoms with Gasteiger partial charge in [0, 0.05) is 6.20 Å². The Labute approximate surface area is 113 Å². The molecular formula is C15H11NO4. The van der Waals surface area contributed by atoms with Crippen molar-refractivity contribution in [3.8, 4) is 0 Å². The van der Waals surface area contributed by atoms with Gasteiger partial charge in [-0.25, -0.2) is 9.78 Å². The van der Waals surface area contributed by atoms with Gasteiger partial charge in [-0.1, -0.05) is 0 Å². The minimum atomic E-state index is -0.458. The molecular weight excluding hydrogens is 258 g/mol. The minimum Gasteiger partial charge on any atom is -0.462 e. The number of ether oxygens (including phenoxy) is 1. The molecule has 100 valence electrons. The average Bonchev–Trinajstić information content (AvgIpc) is 2.47. The maximum absolute atomic E-state index is 12.4. The van der Waals surface area contributed by atoms with E-state index in [4.69, 9.17) is 9.15 Å². The third kappa shape index (κ3) is 1.93. The number of hydrogen-bond donors (Lipinski definition) is 0. The quantitative estimate of drug-likeness (QED) is 0.528. The molecule has 0 bridgehead atoms. The van der Waals surface area contributed by atoms with Crippen molar-refractivity contribution in [1.29, 1.82) is 0 Å². The van der Waals surface area contributed by atoms with Gasteiger partial charge in [0.05, 0.1) is 22.9 Å². The van der Waals surface area contributed by atoms with Crippen LogP contribution in [0.1, 0.15) is 17.3 Å². The van der Waals surface area contributed by atoms with Gasteiger partial charge in [0.1, 0.15) is 5.58 Å². The molecule has 0 spiro atoms. The van der Waals surface area contributed by atoms with E-state index in [1.807, 2.05) is 0 Å². The summed E-state index contributed by atoms with van der Waals surface area (Å²) in [5.41, 5.74) is 0.804. The van der Waals surface area contributed by atoms with Crippen molar-refractivity contribution in [1.82, 2.24) is 4.98 Å². The molecule has 5 nitrogen and oxygen atoms in total. The average molecular weight is 269 g/mol. The summed E-state index contributed by atoms with van der Waals surface area (Å²) in [4.78, 5) is 28.1. The first kappa shape index (κ1) is 12.3. The predicted molar refractivity (Wildman–Crippen MR) is 73.7 cm³/mol. The lowest BCUT2D eigenvalue weighted by atomic mass is 10.1. The summed E-state index contributed by atoms with van der Waals surface area (Å²) in [7, 11) is 0. The van der Waals surface area contributed by atoms with Crippen LogP contribution >= 0.6 is 0 Å². The zero-order valence-corrected chi connectivity index (χ0v) is 10.8. The first-order valence-corrected chi connectivity index (χ1v) is 6.19. The van der Waals surface area contributed by atoms with Gasteiger partial charge in [-0.3, -0.25) is 4.79 Å². The fourth-order valence-corrected chi connectivity index (χ4v) is 2.03. The number of aromatic nitrogens is 1. The number of benzene rings is 1. The molecule has 5 heteroatoms. The lowest BCUT2D eigenvalue weighted by Crippen LogP contribution is -2.07. The first-order chi connectivity index (χ1) is 9.70. The molecule has 0 saturated heterocycles. The van der Waals surface area contributed by atoms with E-state index in [2.05, 4.69) is 4.98 Å². The number of rotatable bonds is 2. The van der Waals surface area contributed by atoms with Crippen LogP contribution in [-0.4, -0.2) is 17.6 Å². The van der Waals surface area contributed by atoms with Crippen LogP contribution in [0.4, 0.5) is 0 Å². The van der Waals surface area contributed by atoms with E-state index < -0.39 is 5.97 Å². The Hall–Kier alpha value is -2.69. The highest BCUT2D eigenvalue weighted by molar-refractivity contribution is 5.96. The highest BCUT2D eigenvalue weighted by Crippen LogP contribution is 2.18. The van der Waals surface area contributed by atoms with Crippen molar-refractivity contribution in [3.05, 3.63) is 52.3 Å². The van der Waals surface area contributed by atoms with E-state index in [0.29, 0.717) is 21.9 Å². The number of hydrogen-bond acceptors (Lipinski definition) is 5. The van der Waals surface area contributed by atoms with Crippen molar-refractivity contribution in [2.75, 3.05) is 6.61 Å². The SMILES string of the molecule is CCOC(=O)c1ccc2oc3ncccc3c(=O)c2c1. The third-order valence-electron chi connectivity index (χ3n) is 2.96. The lowest BCUT2D eigenvalue weighted by Gasteiger charge is -2.04. The molecule has 0 fully saturated rings. The Morgan fingerprint density at radius 2 is 2.15 bits per heavy atom. The Morgan fingerprint density at radius 1 is 1.30 bits per heavy atom. The van der Waals surface area contributed by atoms with Crippen LogP contribution in [0.3, 0.4) is 0 Å². The lowest BCUT2D eigenvalue weighted by molar-refractivity contribution is 0.0526. The van der Waals surface area contributed by atoms with Gasteiger partial charge in [0.2, 0.25) is 11.1 Å². The molecule has 2 heterocycles. The molecule has 0 N–H and O–H groups in total. The van der Waals surface area contributed by atoms with Crippen molar-refractivity contribution in [3.63, 3.8) is 0 Å². The Morgan fingerprint density at radius 3 is 2.95 bits per heavy atom. The number of nitrogens with zero attached hydrogens (tertiary/aromatic N) is 1. The van der Waals surface area contributed by atoms with Crippen LogP contribution in [0.15, 0.2) is 45.7 Å². The van der Waals surface area contributed by atoms with Gasteiger partial charge >= 0.3 is 5.97 Å². The zero-order chi connectivity index (χ0) is 14.1. The van der Waals surface area contributed by atoms with Crippen LogP contribution in [0.25, 0.3) is 22.1 Å². The molecule has 0 atom stereocenters. The number of fused-ring (bicyclic) bond motifs is 2. The van der Waals surface area contributed by atoms with E-state index in [0.717, 1.165) is 0 Å². The summed E-state index contributed by atoms with van der Waals surface area (Å²) in [6, 6.07) is 7.95. The minimum absolute atomic E-state index is 0.208. The van der Waals surface area contributed by atoms with Crippen molar-refractivity contribution < 1.29 is 13.9 Å². The normalized spacial score (nSPS) is 10.8. The van der Waals surface area contributed by atoms with Crippen LogP contribution < -0.4 is 5.43 Å². The highest BCUT2D eigenvalue weighted by Gasteiger charge is 2.12. The number of pyridine rings is 1. The summed E-state index contributed by atoms with van der Waals surface area (Å²) >= 11 is 0. The van der Waals surface area contributed by atoms with E-state index in [9.17, 15) is 9.59 Å². The van der Waals surface area contributed by atoms with Crippen LogP contribution in [0, 0.1) is 0 Å². The first-order valence-electron chi connectivity index (χ1n) is 6.19. The smallest absolute Gasteiger partial charge is 0.338 e. The number of carbonyl (C=O) groups excluding carboxylic acids is 1. The second kappa shape index (κ2) is 4.77. The fraction of sp³-hybridized carbons (Fsp3) is 0.133. The second-order valence-electron chi connectivity index (χ2n) is 4.22. The van der Waals surface area contributed by atoms with Crippen molar-refractivity contribution in [2.24, 2.45) is 0 Å². The maximum Gasteiger partial charge on any atom is 0.338 e. The molecule has 0 amide bonds. The molecule has 0 unspecified atom stereocenters. The van der Waals surface area contributed by atoms with Crippen LogP contribution in [0.5, 0.6) is 0 Å². The van der Waals surface area contributed by atoms with Gasteiger partial charge in [-0.15, -0.1) is 0 Å². The topological polar surface area (TPSA) is 69.4 Å². The van der Waals surface area contributed by atoms with Gasteiger partial charge in [-0.05, 0) is 37.3 Å². The van der Waals surface area contributed by atoms with E-state index >= 15 is 0 Å². The Kier molecular flexibility index (Phi) is 2.95. The standard InChI is InChI=1S/C15H11NO4/c1-2-19-15(18)9-5-6-12-11(8-9)13(17)10-4-3-7-16-14(10)20-12/h3-8H,2H2,1H3. The third-order valence-corrected chi connectivity index (χ3v) is 2.96. The molecule has 0 aliphatic carbocycles. The molecule has 2 aromatic heterocycles. The Balaban J connectivity index is 2.28. The highest BCUT2D eigenvalue weighted by atomic mass is 16.5. The van der Waals surface area contributed by atoms with Crippen molar-refractivity contribution in [2.45, 2.75) is 6.92 Å². The summed E-state index contributed by atoms with van der Waals surface area (Å²) in [6.07, 6.45) is 1.56. The van der Waals surface area contributed by atoms with Gasteiger partial charge in [0.15, 0.2) is 0 Å². The fourth-order valence-electron chi connectivity index (χ4n) is 2.03. The molecule has 0 radical (unpaired) electrons.